The van der Waals surface area contributed by atoms with Crippen LogP contribution in [0.5, 0.6) is 0 Å². The van der Waals surface area contributed by atoms with Crippen LogP contribution in [0.3, 0.4) is 0 Å². The maximum atomic E-state index is 12.5. The van der Waals surface area contributed by atoms with E-state index in [4.69, 9.17) is 9.84 Å². The van der Waals surface area contributed by atoms with Crippen molar-refractivity contribution in [1.29, 1.82) is 0 Å². The number of allylic oxidation sites excluding steroid dienone is 7. The number of carbonyl (C=O) groups excluding carboxylic acids is 1. The van der Waals surface area contributed by atoms with Crippen LogP contribution in [-0.4, -0.2) is 23.1 Å². The van der Waals surface area contributed by atoms with E-state index in [0.717, 1.165) is 57.8 Å². The van der Waals surface area contributed by atoms with Gasteiger partial charge in [-0.15, -0.1) is 0 Å². The number of ether oxygens (including phenoxy) is 1. The van der Waals surface area contributed by atoms with Crippen LogP contribution in [0.1, 0.15) is 174 Å². The van der Waals surface area contributed by atoms with Crippen LogP contribution in [0.4, 0.5) is 0 Å². The van der Waals surface area contributed by atoms with Crippen LogP contribution < -0.4 is 0 Å². The third-order valence-corrected chi connectivity index (χ3v) is 7.52. The third kappa shape index (κ3) is 32.4. The summed E-state index contributed by atoms with van der Waals surface area (Å²) in [5.74, 6) is -0.826. The molecule has 4 nitrogen and oxygen atoms in total. The molecule has 0 spiro atoms. The van der Waals surface area contributed by atoms with Gasteiger partial charge in [0.1, 0.15) is 6.10 Å². The van der Waals surface area contributed by atoms with Crippen molar-refractivity contribution in [1.82, 2.24) is 0 Å². The Morgan fingerprint density at radius 1 is 0.571 bits per heavy atom. The van der Waals surface area contributed by atoms with E-state index in [-0.39, 0.29) is 18.5 Å². The summed E-state index contributed by atoms with van der Waals surface area (Å²) in [7, 11) is 0. The van der Waals surface area contributed by atoms with E-state index in [2.05, 4.69) is 56.4 Å². The summed E-state index contributed by atoms with van der Waals surface area (Å²) in [4.78, 5) is 23.2. The number of rotatable bonds is 31. The molecule has 0 saturated heterocycles. The quantitative estimate of drug-likeness (QED) is 0.0498. The zero-order valence-corrected chi connectivity index (χ0v) is 27.5. The lowest BCUT2D eigenvalue weighted by Gasteiger charge is -2.14. The third-order valence-electron chi connectivity index (χ3n) is 7.52. The first-order valence-electron chi connectivity index (χ1n) is 17.6. The Morgan fingerprint density at radius 2 is 1.07 bits per heavy atom. The van der Waals surface area contributed by atoms with Crippen LogP contribution in [0.15, 0.2) is 48.6 Å². The summed E-state index contributed by atoms with van der Waals surface area (Å²) in [5, 5.41) is 8.80. The van der Waals surface area contributed by atoms with E-state index >= 15 is 0 Å². The molecule has 242 valence electrons. The summed E-state index contributed by atoms with van der Waals surface area (Å²) in [5.41, 5.74) is 0. The first-order valence-corrected chi connectivity index (χ1v) is 17.6. The molecule has 0 aromatic heterocycles. The van der Waals surface area contributed by atoms with Gasteiger partial charge in [0.15, 0.2) is 0 Å². The number of hydrogen-bond acceptors (Lipinski definition) is 3. The van der Waals surface area contributed by atoms with Gasteiger partial charge in [0, 0.05) is 12.8 Å². The largest absolute Gasteiger partial charge is 0.481 e. The SMILES string of the molecule is CC/C=C\C/C=C\C/C=C\C(CCCCCCC(=O)O)OC(=O)CCCCCCCCC/C=C\CCCCCCCC. The van der Waals surface area contributed by atoms with E-state index in [0.29, 0.717) is 12.8 Å². The molecule has 0 bridgehead atoms. The Morgan fingerprint density at radius 3 is 1.67 bits per heavy atom. The lowest BCUT2D eigenvalue weighted by atomic mass is 10.1. The highest BCUT2D eigenvalue weighted by Gasteiger charge is 2.11. The van der Waals surface area contributed by atoms with Crippen LogP contribution >= 0.6 is 0 Å². The fraction of sp³-hybridized carbons (Fsp3) is 0.737. The number of carbonyl (C=O) groups is 2. The van der Waals surface area contributed by atoms with Gasteiger partial charge in [0.2, 0.25) is 0 Å². The Labute approximate surface area is 260 Å². The molecular formula is C38H66O4. The van der Waals surface area contributed by atoms with Crippen molar-refractivity contribution < 1.29 is 19.4 Å². The van der Waals surface area contributed by atoms with Crippen molar-refractivity contribution in [2.45, 2.75) is 180 Å². The molecule has 4 heteroatoms. The molecule has 0 radical (unpaired) electrons. The highest BCUT2D eigenvalue weighted by atomic mass is 16.5. The molecule has 0 aliphatic carbocycles. The van der Waals surface area contributed by atoms with E-state index in [1.54, 1.807) is 0 Å². The van der Waals surface area contributed by atoms with Crippen molar-refractivity contribution in [3.05, 3.63) is 48.6 Å². The van der Waals surface area contributed by atoms with Crippen molar-refractivity contribution in [3.63, 3.8) is 0 Å². The molecule has 0 aromatic carbocycles. The molecule has 0 aromatic rings. The summed E-state index contributed by atoms with van der Waals surface area (Å²) in [6.07, 6.45) is 44.3. The van der Waals surface area contributed by atoms with E-state index < -0.39 is 5.97 Å². The first kappa shape index (κ1) is 39.9. The Kier molecular flexibility index (Phi) is 31.7. The number of unbranched alkanes of at least 4 members (excludes halogenated alkanes) is 16. The van der Waals surface area contributed by atoms with Gasteiger partial charge < -0.3 is 9.84 Å². The molecule has 0 heterocycles. The Balaban J connectivity index is 4.02. The van der Waals surface area contributed by atoms with Gasteiger partial charge in [-0.05, 0) is 76.7 Å². The zero-order chi connectivity index (χ0) is 30.8. The molecule has 0 rings (SSSR count). The smallest absolute Gasteiger partial charge is 0.306 e. The van der Waals surface area contributed by atoms with Crippen molar-refractivity contribution in [3.8, 4) is 0 Å². The number of hydrogen-bond donors (Lipinski definition) is 1. The van der Waals surface area contributed by atoms with Gasteiger partial charge in [0.05, 0.1) is 0 Å². The van der Waals surface area contributed by atoms with Gasteiger partial charge in [-0.1, -0.05) is 133 Å². The van der Waals surface area contributed by atoms with Crippen LogP contribution in [0.2, 0.25) is 0 Å². The molecule has 0 aliphatic rings. The minimum absolute atomic E-state index is 0.0940. The average Bonchev–Trinajstić information content (AvgIpc) is 2.97. The number of aliphatic carboxylic acids is 1. The first-order chi connectivity index (χ1) is 20.6. The molecular weight excluding hydrogens is 520 g/mol. The van der Waals surface area contributed by atoms with Crippen LogP contribution in [-0.2, 0) is 14.3 Å². The Bertz CT molecular complexity index is 719. The average molecular weight is 587 g/mol. The molecule has 0 saturated carbocycles. The van der Waals surface area contributed by atoms with E-state index in [1.165, 1.54) is 83.5 Å². The number of carboxylic acid groups (broad SMARTS) is 1. The molecule has 1 N–H and O–H groups in total. The summed E-state index contributed by atoms with van der Waals surface area (Å²) in [6.45, 7) is 4.40. The van der Waals surface area contributed by atoms with Gasteiger partial charge in [-0.2, -0.15) is 0 Å². The number of carboxylic acids is 1. The zero-order valence-electron chi connectivity index (χ0n) is 27.5. The predicted octanol–water partition coefficient (Wildman–Crippen LogP) is 12.0. The topological polar surface area (TPSA) is 63.6 Å². The van der Waals surface area contributed by atoms with Gasteiger partial charge in [0.25, 0.3) is 0 Å². The highest BCUT2D eigenvalue weighted by Crippen LogP contribution is 2.15. The van der Waals surface area contributed by atoms with Gasteiger partial charge >= 0.3 is 11.9 Å². The lowest BCUT2D eigenvalue weighted by molar-refractivity contribution is -0.147. The van der Waals surface area contributed by atoms with E-state index in [1.807, 2.05) is 6.08 Å². The molecule has 0 fully saturated rings. The predicted molar refractivity (Wildman–Crippen MR) is 181 cm³/mol. The summed E-state index contributed by atoms with van der Waals surface area (Å²) in [6, 6.07) is 0. The normalized spacial score (nSPS) is 12.8. The molecule has 1 unspecified atom stereocenters. The monoisotopic (exact) mass is 586 g/mol. The minimum atomic E-state index is -0.732. The fourth-order valence-electron chi connectivity index (χ4n) is 4.93. The van der Waals surface area contributed by atoms with Crippen LogP contribution in [0.25, 0.3) is 0 Å². The van der Waals surface area contributed by atoms with Crippen molar-refractivity contribution >= 4 is 11.9 Å². The van der Waals surface area contributed by atoms with Crippen LogP contribution in [0, 0.1) is 0 Å². The maximum Gasteiger partial charge on any atom is 0.306 e. The standard InChI is InChI=1S/C38H66O4/c1-3-5-7-9-11-13-14-15-16-17-18-19-20-21-23-25-31-35-38(41)42-36(33-29-26-27-30-34-37(39)40)32-28-24-22-12-10-8-6-4-2/h6,8,12,15-16,22,28,32,36H,3-5,7,9-11,13-14,17-21,23-27,29-31,33-35H2,1-2H3,(H,39,40)/b8-6-,16-15-,22-12-,32-28-. The summed E-state index contributed by atoms with van der Waals surface area (Å²) < 4.78 is 5.82. The molecule has 0 amide bonds. The lowest BCUT2D eigenvalue weighted by Crippen LogP contribution is -2.16. The Hall–Kier alpha value is -2.10. The summed E-state index contributed by atoms with van der Waals surface area (Å²) >= 11 is 0. The van der Waals surface area contributed by atoms with Crippen molar-refractivity contribution in [2.75, 3.05) is 0 Å². The van der Waals surface area contributed by atoms with E-state index in [9.17, 15) is 9.59 Å². The second kappa shape index (κ2) is 33.4. The molecule has 1 atom stereocenters. The van der Waals surface area contributed by atoms with Gasteiger partial charge in [-0.25, -0.2) is 0 Å². The maximum absolute atomic E-state index is 12.5. The minimum Gasteiger partial charge on any atom is -0.481 e. The molecule has 0 aliphatic heterocycles. The molecule has 42 heavy (non-hydrogen) atoms. The highest BCUT2D eigenvalue weighted by molar-refractivity contribution is 5.69. The second-order valence-corrected chi connectivity index (χ2v) is 11.7. The number of esters is 1. The fourth-order valence-corrected chi connectivity index (χ4v) is 4.93. The van der Waals surface area contributed by atoms with Crippen molar-refractivity contribution in [2.24, 2.45) is 0 Å². The van der Waals surface area contributed by atoms with Gasteiger partial charge in [-0.3, -0.25) is 9.59 Å². The second-order valence-electron chi connectivity index (χ2n) is 11.7.